The van der Waals surface area contributed by atoms with Crippen molar-refractivity contribution in [1.82, 2.24) is 4.90 Å². The lowest BCUT2D eigenvalue weighted by molar-refractivity contribution is 0.0558. The lowest BCUT2D eigenvalue weighted by Gasteiger charge is -2.41. The second-order valence-electron chi connectivity index (χ2n) is 8.26. The fourth-order valence-electron chi connectivity index (χ4n) is 4.40. The lowest BCUT2D eigenvalue weighted by atomic mass is 9.87. The molecular weight excluding hydrogens is 382 g/mol. The van der Waals surface area contributed by atoms with Crippen molar-refractivity contribution in [3.05, 3.63) is 113 Å². The van der Waals surface area contributed by atoms with E-state index < -0.39 is 0 Å². The Morgan fingerprint density at radius 1 is 0.871 bits per heavy atom. The summed E-state index contributed by atoms with van der Waals surface area (Å²) in [6.45, 7) is 2.42. The highest BCUT2D eigenvalue weighted by Crippen LogP contribution is 2.31. The van der Waals surface area contributed by atoms with Crippen molar-refractivity contribution in [3.63, 3.8) is 0 Å². The highest BCUT2D eigenvalue weighted by atomic mass is 16.6. The van der Waals surface area contributed by atoms with Gasteiger partial charge in [-0.25, -0.2) is 4.79 Å². The Balaban J connectivity index is 1.53. The molecule has 0 radical (unpaired) electrons. The van der Waals surface area contributed by atoms with Crippen molar-refractivity contribution in [1.29, 1.82) is 0 Å². The lowest BCUT2D eigenvalue weighted by Crippen LogP contribution is -2.50. The molecule has 3 aromatic rings. The molecule has 0 spiro atoms. The van der Waals surface area contributed by atoms with Crippen molar-refractivity contribution in [2.24, 2.45) is 0 Å². The minimum Gasteiger partial charge on any atom is -0.445 e. The molecular formula is C28H29NO2. The molecule has 1 aliphatic heterocycles. The number of hydrogen-bond acceptors (Lipinski definition) is 2. The number of amides is 1. The van der Waals surface area contributed by atoms with E-state index in [1.807, 2.05) is 47.4 Å². The highest BCUT2D eigenvalue weighted by molar-refractivity contribution is 5.69. The Kier molecular flexibility index (Phi) is 6.83. The van der Waals surface area contributed by atoms with Gasteiger partial charge in [-0.1, -0.05) is 103 Å². The first-order chi connectivity index (χ1) is 15.2. The van der Waals surface area contributed by atoms with Crippen LogP contribution in [-0.4, -0.2) is 23.1 Å². The molecule has 0 unspecified atom stereocenters. The van der Waals surface area contributed by atoms with E-state index in [-0.39, 0.29) is 18.2 Å². The molecule has 0 aromatic heterocycles. The van der Waals surface area contributed by atoms with Crippen LogP contribution in [0.2, 0.25) is 0 Å². The first-order valence-electron chi connectivity index (χ1n) is 11.0. The normalized spacial score (nSPS) is 19.9. The van der Waals surface area contributed by atoms with Gasteiger partial charge in [0.05, 0.1) is 0 Å². The number of benzene rings is 3. The van der Waals surface area contributed by atoms with E-state index in [0.29, 0.717) is 6.61 Å². The minimum atomic E-state index is -0.226. The van der Waals surface area contributed by atoms with Gasteiger partial charge in [-0.3, -0.25) is 0 Å². The number of carbonyl (C=O) groups excluding carboxylic acids is 1. The molecule has 1 heterocycles. The maximum Gasteiger partial charge on any atom is 0.410 e. The molecule has 0 bridgehead atoms. The molecule has 4 rings (SSSR count). The summed E-state index contributed by atoms with van der Waals surface area (Å²) < 4.78 is 5.73. The molecule has 0 aliphatic carbocycles. The van der Waals surface area contributed by atoms with Crippen molar-refractivity contribution in [3.8, 4) is 0 Å². The highest BCUT2D eigenvalue weighted by Gasteiger charge is 2.35. The minimum absolute atomic E-state index is 0.0735. The summed E-state index contributed by atoms with van der Waals surface area (Å²) in [5.74, 6) is 0. The molecule has 1 amide bonds. The van der Waals surface area contributed by atoms with Gasteiger partial charge in [0.15, 0.2) is 0 Å². The van der Waals surface area contributed by atoms with Crippen LogP contribution in [-0.2, 0) is 17.8 Å². The van der Waals surface area contributed by atoms with Crippen LogP contribution in [0.4, 0.5) is 4.79 Å². The first-order valence-corrected chi connectivity index (χ1v) is 11.0. The van der Waals surface area contributed by atoms with Crippen LogP contribution < -0.4 is 0 Å². The fraction of sp³-hybridized carbons (Fsp3) is 0.250. The van der Waals surface area contributed by atoms with E-state index in [4.69, 9.17) is 4.74 Å². The van der Waals surface area contributed by atoms with Crippen LogP contribution in [0.3, 0.4) is 0 Å². The van der Waals surface area contributed by atoms with Crippen LogP contribution >= 0.6 is 0 Å². The van der Waals surface area contributed by atoms with Gasteiger partial charge < -0.3 is 9.64 Å². The average Bonchev–Trinajstić information content (AvgIpc) is 2.79. The average molecular weight is 412 g/mol. The zero-order chi connectivity index (χ0) is 21.5. The molecule has 3 heteroatoms. The Labute approximate surface area is 185 Å². The summed E-state index contributed by atoms with van der Waals surface area (Å²) in [5, 5.41) is 0. The molecule has 31 heavy (non-hydrogen) atoms. The molecule has 0 N–H and O–H groups in total. The zero-order valence-electron chi connectivity index (χ0n) is 18.0. The van der Waals surface area contributed by atoms with Crippen molar-refractivity contribution in [2.75, 3.05) is 0 Å². The summed E-state index contributed by atoms with van der Waals surface area (Å²) in [4.78, 5) is 15.1. The summed E-state index contributed by atoms with van der Waals surface area (Å²) in [6, 6.07) is 30.8. The van der Waals surface area contributed by atoms with Gasteiger partial charge in [0, 0.05) is 12.1 Å². The number of likely N-dealkylation sites (tertiary alicyclic amines) is 1. The molecule has 158 valence electrons. The Bertz CT molecular complexity index is 999. The van der Waals surface area contributed by atoms with E-state index in [0.717, 1.165) is 24.8 Å². The molecule has 3 nitrogen and oxygen atoms in total. The molecule has 1 fully saturated rings. The van der Waals surface area contributed by atoms with E-state index in [2.05, 4.69) is 61.5 Å². The van der Waals surface area contributed by atoms with E-state index in [9.17, 15) is 4.79 Å². The zero-order valence-corrected chi connectivity index (χ0v) is 18.0. The van der Waals surface area contributed by atoms with Gasteiger partial charge in [0.1, 0.15) is 6.61 Å². The topological polar surface area (TPSA) is 29.5 Å². The van der Waals surface area contributed by atoms with Crippen LogP contribution in [0.5, 0.6) is 0 Å². The van der Waals surface area contributed by atoms with E-state index in [1.165, 1.54) is 16.7 Å². The molecule has 1 aliphatic rings. The standard InChI is InChI=1S/C28H29NO2/c1-22-17-26(18-23-11-5-2-6-12-23)20-27(19-24-13-7-3-8-14-24)29(22)28(30)31-21-25-15-9-4-10-16-25/h2-16,18,22,27H,17,19-21H2,1H3/b26-18+/t22-,27+/m1/s1. The molecule has 0 saturated carbocycles. The summed E-state index contributed by atoms with van der Waals surface area (Å²) in [5.41, 5.74) is 4.83. The van der Waals surface area contributed by atoms with Gasteiger partial charge in [-0.15, -0.1) is 0 Å². The third-order valence-electron chi connectivity index (χ3n) is 5.82. The summed E-state index contributed by atoms with van der Waals surface area (Å²) in [7, 11) is 0. The monoisotopic (exact) mass is 411 g/mol. The summed E-state index contributed by atoms with van der Waals surface area (Å²) in [6.07, 6.45) is 4.59. The van der Waals surface area contributed by atoms with E-state index >= 15 is 0 Å². The number of rotatable bonds is 5. The molecule has 3 aromatic carbocycles. The molecule has 2 atom stereocenters. The molecule has 1 saturated heterocycles. The largest absolute Gasteiger partial charge is 0.445 e. The second-order valence-corrected chi connectivity index (χ2v) is 8.26. The number of hydrogen-bond donors (Lipinski definition) is 0. The third-order valence-corrected chi connectivity index (χ3v) is 5.82. The van der Waals surface area contributed by atoms with Gasteiger partial charge in [-0.2, -0.15) is 0 Å². The summed E-state index contributed by atoms with van der Waals surface area (Å²) >= 11 is 0. The van der Waals surface area contributed by atoms with Crippen LogP contribution in [0.1, 0.15) is 36.5 Å². The first kappa shape index (κ1) is 20.9. The smallest absolute Gasteiger partial charge is 0.410 e. The van der Waals surface area contributed by atoms with Crippen LogP contribution in [0.25, 0.3) is 6.08 Å². The van der Waals surface area contributed by atoms with Gasteiger partial charge in [-0.05, 0) is 42.9 Å². The Morgan fingerprint density at radius 2 is 1.45 bits per heavy atom. The van der Waals surface area contributed by atoms with E-state index in [1.54, 1.807) is 0 Å². The second kappa shape index (κ2) is 10.1. The van der Waals surface area contributed by atoms with Gasteiger partial charge >= 0.3 is 6.09 Å². The number of piperidine rings is 1. The van der Waals surface area contributed by atoms with Gasteiger partial charge in [0.2, 0.25) is 0 Å². The Hall–Kier alpha value is -3.33. The maximum absolute atomic E-state index is 13.1. The maximum atomic E-state index is 13.1. The third kappa shape index (κ3) is 5.64. The predicted molar refractivity (Wildman–Crippen MR) is 126 cm³/mol. The number of carbonyl (C=O) groups is 1. The number of nitrogens with zero attached hydrogens (tertiary/aromatic N) is 1. The quantitative estimate of drug-likeness (QED) is 0.479. The van der Waals surface area contributed by atoms with Crippen molar-refractivity contribution in [2.45, 2.75) is 44.9 Å². The SMILES string of the molecule is C[C@@H]1C/C(=C\c2ccccc2)C[C@H](Cc2ccccc2)N1C(=O)OCc1ccccc1. The Morgan fingerprint density at radius 3 is 2.10 bits per heavy atom. The van der Waals surface area contributed by atoms with Crippen LogP contribution in [0, 0.1) is 0 Å². The van der Waals surface area contributed by atoms with Crippen LogP contribution in [0.15, 0.2) is 96.6 Å². The fourth-order valence-corrected chi connectivity index (χ4v) is 4.40. The van der Waals surface area contributed by atoms with Gasteiger partial charge in [0.25, 0.3) is 0 Å². The van der Waals surface area contributed by atoms with Crippen molar-refractivity contribution < 1.29 is 9.53 Å². The number of ether oxygens (including phenoxy) is 1. The predicted octanol–water partition coefficient (Wildman–Crippen LogP) is 6.50. The van der Waals surface area contributed by atoms with Crippen molar-refractivity contribution >= 4 is 12.2 Å².